The number of nitrogens with zero attached hydrogens (tertiary/aromatic N) is 6. The molecule has 12 heteroatoms. The normalized spacial score (nSPS) is 30.8. The third-order valence-electron chi connectivity index (χ3n) is 10.6. The van der Waals surface area contributed by atoms with Crippen LogP contribution in [-0.4, -0.2) is 82.8 Å². The predicted molar refractivity (Wildman–Crippen MR) is 158 cm³/mol. The van der Waals surface area contributed by atoms with Gasteiger partial charge in [0.05, 0.1) is 29.8 Å². The van der Waals surface area contributed by atoms with Crippen LogP contribution in [-0.2, 0) is 23.1 Å². The molecule has 2 aliphatic carbocycles. The van der Waals surface area contributed by atoms with Crippen LogP contribution in [0, 0.1) is 11.3 Å². The van der Waals surface area contributed by atoms with Gasteiger partial charge >= 0.3 is 6.01 Å². The molecular weight excluding hydrogens is 593 g/mol. The van der Waals surface area contributed by atoms with Crippen molar-refractivity contribution in [1.82, 2.24) is 19.8 Å². The molecule has 0 radical (unpaired) electrons. The van der Waals surface area contributed by atoms with Gasteiger partial charge in [0.25, 0.3) is 5.91 Å². The van der Waals surface area contributed by atoms with Gasteiger partial charge in [-0.1, -0.05) is 30.3 Å². The van der Waals surface area contributed by atoms with Gasteiger partial charge in [0.2, 0.25) is 0 Å². The number of fused-ring (bicyclic) bond motifs is 4. The highest BCUT2D eigenvalue weighted by molar-refractivity contribution is 6.31. The summed E-state index contributed by atoms with van der Waals surface area (Å²) in [7, 11) is 0. The number of hydrogen-bond acceptors (Lipinski definition) is 7. The zero-order chi connectivity index (χ0) is 30.8. The average Bonchev–Trinajstić information content (AvgIpc) is 3.49. The van der Waals surface area contributed by atoms with Crippen LogP contribution in [0.25, 0.3) is 0 Å². The van der Waals surface area contributed by atoms with Crippen molar-refractivity contribution in [1.29, 1.82) is 5.26 Å². The summed E-state index contributed by atoms with van der Waals surface area (Å²) in [5, 5.41) is 10.1. The number of rotatable bonds is 6. The number of amides is 1. The number of carbonyl (C=O) groups is 1. The zero-order valence-electron chi connectivity index (χ0n) is 24.4. The lowest BCUT2D eigenvalue weighted by Crippen LogP contribution is -2.59. The SMILES string of the molecule is C=C(F)C(=O)N1CCN(c2nc(OCC34CCN3C[C@@H](F)C4)nc3c2CC[C@@]2(CCc4c(Cl)cccc42)[C@H]3F)C[C@@H]1CC#N. The van der Waals surface area contributed by atoms with Crippen LogP contribution in [0.5, 0.6) is 6.01 Å². The highest BCUT2D eigenvalue weighted by Crippen LogP contribution is 2.57. The molecule has 44 heavy (non-hydrogen) atoms. The van der Waals surface area contributed by atoms with Gasteiger partial charge in [-0.2, -0.15) is 15.2 Å². The summed E-state index contributed by atoms with van der Waals surface area (Å²) in [5.74, 6) is -1.42. The monoisotopic (exact) mass is 626 g/mol. The number of halogens is 4. The van der Waals surface area contributed by atoms with Gasteiger partial charge in [-0.15, -0.1) is 0 Å². The molecule has 3 saturated heterocycles. The maximum atomic E-state index is 17.1. The Kier molecular flexibility index (Phi) is 7.28. The van der Waals surface area contributed by atoms with Crippen molar-refractivity contribution in [2.45, 2.75) is 74.3 Å². The summed E-state index contributed by atoms with van der Waals surface area (Å²) >= 11 is 6.52. The van der Waals surface area contributed by atoms with Crippen LogP contribution < -0.4 is 9.64 Å². The van der Waals surface area contributed by atoms with E-state index in [9.17, 15) is 18.8 Å². The molecule has 0 saturated carbocycles. The van der Waals surface area contributed by atoms with Crippen molar-refractivity contribution in [3.63, 3.8) is 0 Å². The summed E-state index contributed by atoms with van der Waals surface area (Å²) in [6, 6.07) is 7.18. The molecule has 4 heterocycles. The van der Waals surface area contributed by atoms with Gasteiger partial charge in [-0.25, -0.2) is 13.2 Å². The lowest BCUT2D eigenvalue weighted by molar-refractivity contribution is -0.131. The average molecular weight is 627 g/mol. The number of piperazine rings is 1. The Labute approximate surface area is 259 Å². The molecule has 3 aliphatic heterocycles. The number of nitriles is 1. The van der Waals surface area contributed by atoms with E-state index >= 15 is 4.39 Å². The van der Waals surface area contributed by atoms with Crippen molar-refractivity contribution in [3.8, 4) is 12.1 Å². The molecule has 0 bridgehead atoms. The maximum absolute atomic E-state index is 17.1. The van der Waals surface area contributed by atoms with E-state index in [4.69, 9.17) is 21.3 Å². The molecule has 3 fully saturated rings. The van der Waals surface area contributed by atoms with Crippen LogP contribution in [0.2, 0.25) is 5.02 Å². The fourth-order valence-electron chi connectivity index (χ4n) is 8.26. The first kappa shape index (κ1) is 29.4. The Hall–Kier alpha value is -3.36. The number of carbonyl (C=O) groups excluding carboxylic acids is 1. The number of ether oxygens (including phenoxy) is 1. The van der Waals surface area contributed by atoms with Crippen molar-refractivity contribution < 1.29 is 22.7 Å². The number of anilines is 1. The molecule has 1 amide bonds. The molecule has 1 aromatic heterocycles. The van der Waals surface area contributed by atoms with Crippen LogP contribution in [0.4, 0.5) is 19.0 Å². The van der Waals surface area contributed by atoms with Gasteiger partial charge in [-0.05, 0) is 49.3 Å². The number of hydrogen-bond donors (Lipinski definition) is 0. The molecule has 5 aliphatic rings. The number of alkyl halides is 2. The first-order valence-electron chi connectivity index (χ1n) is 15.3. The summed E-state index contributed by atoms with van der Waals surface area (Å²) in [6.07, 6.45) is 1.17. The molecule has 1 spiro atoms. The molecular formula is C32H34ClF3N6O2. The lowest BCUT2D eigenvalue weighted by atomic mass is 9.68. The van der Waals surface area contributed by atoms with Crippen molar-refractivity contribution in [2.75, 3.05) is 44.2 Å². The Balaban J connectivity index is 1.25. The van der Waals surface area contributed by atoms with Crippen molar-refractivity contribution in [3.05, 3.63) is 58.0 Å². The Morgan fingerprint density at radius 3 is 2.64 bits per heavy atom. The first-order valence-corrected chi connectivity index (χ1v) is 15.7. The second kappa shape index (κ2) is 10.9. The molecule has 2 aromatic rings. The minimum absolute atomic E-state index is 0.0126. The summed E-state index contributed by atoms with van der Waals surface area (Å²) in [5.41, 5.74) is 1.66. The standard InChI is InChI=1S/C32H34ClF3N6O2/c1-19(34)29(43)42-14-13-40(17-21(42)7-11-37)28-23-6-9-32(8-5-22-24(32)3-2-4-25(22)33)27(36)26(23)38-30(39-28)44-18-31-10-12-41(31)16-20(35)15-31/h2-4,20-21,27H,1,5-10,12-18H2/t20-,21-,27-,31?,32+/m0/s1. The number of aromatic nitrogens is 2. The van der Waals surface area contributed by atoms with Crippen molar-refractivity contribution >= 4 is 23.3 Å². The summed E-state index contributed by atoms with van der Waals surface area (Å²) < 4.78 is 51.4. The maximum Gasteiger partial charge on any atom is 0.318 e. The van der Waals surface area contributed by atoms with Crippen LogP contribution >= 0.6 is 11.6 Å². The number of benzene rings is 1. The van der Waals surface area contributed by atoms with Crippen LogP contribution in [0.1, 0.15) is 60.7 Å². The molecule has 8 nitrogen and oxygen atoms in total. The van der Waals surface area contributed by atoms with E-state index in [2.05, 4.69) is 22.5 Å². The molecule has 0 N–H and O–H groups in total. The molecule has 5 atom stereocenters. The highest BCUT2D eigenvalue weighted by atomic mass is 35.5. The van der Waals surface area contributed by atoms with E-state index < -0.39 is 41.1 Å². The molecule has 1 unspecified atom stereocenters. The lowest BCUT2D eigenvalue weighted by Gasteiger charge is -2.47. The van der Waals surface area contributed by atoms with Gasteiger partial charge in [0, 0.05) is 55.1 Å². The molecule has 7 rings (SSSR count). The van der Waals surface area contributed by atoms with Crippen LogP contribution in [0.15, 0.2) is 30.6 Å². The van der Waals surface area contributed by atoms with Crippen LogP contribution in [0.3, 0.4) is 0 Å². The second-order valence-electron chi connectivity index (χ2n) is 12.9. The predicted octanol–water partition coefficient (Wildman–Crippen LogP) is 4.95. The van der Waals surface area contributed by atoms with Gasteiger partial charge in [0.15, 0.2) is 12.0 Å². The quantitative estimate of drug-likeness (QED) is 0.420. The first-order chi connectivity index (χ1) is 21.2. The smallest absolute Gasteiger partial charge is 0.318 e. The second-order valence-corrected chi connectivity index (χ2v) is 13.3. The van der Waals surface area contributed by atoms with E-state index in [1.54, 1.807) is 0 Å². The minimum atomic E-state index is -1.44. The Morgan fingerprint density at radius 2 is 1.93 bits per heavy atom. The van der Waals surface area contributed by atoms with E-state index in [0.717, 1.165) is 24.1 Å². The summed E-state index contributed by atoms with van der Waals surface area (Å²) in [6.45, 7) is 5.18. The minimum Gasteiger partial charge on any atom is -0.461 e. The molecule has 1 aromatic carbocycles. The van der Waals surface area contributed by atoms with E-state index in [1.165, 1.54) is 4.90 Å². The molecule has 232 valence electrons. The van der Waals surface area contributed by atoms with E-state index in [0.29, 0.717) is 61.6 Å². The van der Waals surface area contributed by atoms with Gasteiger partial charge in [0.1, 0.15) is 18.6 Å². The highest BCUT2D eigenvalue weighted by Gasteiger charge is 2.54. The fraction of sp³-hybridized carbons (Fsp3) is 0.562. The van der Waals surface area contributed by atoms with Gasteiger partial charge < -0.3 is 14.5 Å². The third kappa shape index (κ3) is 4.55. The van der Waals surface area contributed by atoms with E-state index in [-0.39, 0.29) is 37.8 Å². The zero-order valence-corrected chi connectivity index (χ0v) is 25.1. The van der Waals surface area contributed by atoms with Gasteiger partial charge in [-0.3, -0.25) is 9.69 Å². The van der Waals surface area contributed by atoms with Crippen molar-refractivity contribution in [2.24, 2.45) is 0 Å². The van der Waals surface area contributed by atoms with E-state index in [1.807, 2.05) is 23.1 Å². The fourth-order valence-corrected chi connectivity index (χ4v) is 8.52. The topological polar surface area (TPSA) is 85.6 Å². The largest absolute Gasteiger partial charge is 0.461 e. The Morgan fingerprint density at radius 1 is 1.14 bits per heavy atom. The Bertz CT molecular complexity index is 1570. The third-order valence-corrected chi connectivity index (χ3v) is 11.0. The summed E-state index contributed by atoms with van der Waals surface area (Å²) in [4.78, 5) is 27.3.